The molecule has 2 N–H and O–H groups in total. The van der Waals surface area contributed by atoms with E-state index in [1.807, 2.05) is 85.8 Å². The normalized spacial score (nSPS) is 14.1. The van der Waals surface area contributed by atoms with Crippen LogP contribution in [0.3, 0.4) is 0 Å². The Hall–Kier alpha value is -5.44. The molecule has 9 heteroatoms. The first-order chi connectivity index (χ1) is 20.1. The van der Waals surface area contributed by atoms with Crippen LogP contribution in [0.25, 0.3) is 11.4 Å². The molecule has 6 rings (SSSR count). The van der Waals surface area contributed by atoms with Crippen molar-refractivity contribution >= 4 is 17.5 Å². The zero-order chi connectivity index (χ0) is 28.2. The van der Waals surface area contributed by atoms with Crippen molar-refractivity contribution in [3.8, 4) is 22.9 Å². The molecule has 0 saturated carbocycles. The van der Waals surface area contributed by atoms with Crippen LogP contribution < -0.4 is 20.1 Å². The Balaban J connectivity index is 1.40. The number of nitrogens with zero attached hydrogens (tertiary/aromatic N) is 4. The molecule has 1 aliphatic heterocycles. The Morgan fingerprint density at radius 1 is 0.976 bits per heavy atom. The highest BCUT2D eigenvalue weighted by Gasteiger charge is 2.35. The van der Waals surface area contributed by atoms with Crippen LogP contribution in [0.15, 0.2) is 115 Å². The summed E-state index contributed by atoms with van der Waals surface area (Å²) in [6, 6.07) is 28.3. The lowest BCUT2D eigenvalue weighted by atomic mass is 9.95. The van der Waals surface area contributed by atoms with Gasteiger partial charge in [0.2, 0.25) is 5.95 Å². The summed E-state index contributed by atoms with van der Waals surface area (Å²) < 4.78 is 13.3. The number of fused-ring (bicyclic) bond motifs is 1. The lowest BCUT2D eigenvalue weighted by Crippen LogP contribution is -2.31. The Bertz CT molecular complexity index is 1720. The van der Waals surface area contributed by atoms with Gasteiger partial charge in [0.15, 0.2) is 5.82 Å². The Morgan fingerprint density at radius 2 is 1.80 bits per heavy atom. The van der Waals surface area contributed by atoms with Crippen molar-refractivity contribution in [3.05, 3.63) is 126 Å². The number of nitrogens with one attached hydrogen (secondary N) is 2. The van der Waals surface area contributed by atoms with Crippen LogP contribution in [0.2, 0.25) is 0 Å². The molecule has 9 nitrogen and oxygen atoms in total. The number of ether oxygens (including phenoxy) is 2. The highest BCUT2D eigenvalue weighted by Crippen LogP contribution is 2.38. The van der Waals surface area contributed by atoms with Crippen LogP contribution in [0.4, 0.5) is 11.6 Å². The lowest BCUT2D eigenvalue weighted by Gasteiger charge is -2.29. The van der Waals surface area contributed by atoms with Gasteiger partial charge in [-0.15, -0.1) is 5.10 Å². The van der Waals surface area contributed by atoms with Crippen LogP contribution in [0, 0.1) is 0 Å². The van der Waals surface area contributed by atoms with Gasteiger partial charge in [0.1, 0.15) is 24.1 Å². The maximum atomic E-state index is 13.8. The quantitative estimate of drug-likeness (QED) is 0.252. The van der Waals surface area contributed by atoms with E-state index in [1.54, 1.807) is 36.3 Å². The maximum absolute atomic E-state index is 13.8. The summed E-state index contributed by atoms with van der Waals surface area (Å²) in [5.41, 5.74) is 4.46. The lowest BCUT2D eigenvalue weighted by molar-refractivity contribution is -0.113. The summed E-state index contributed by atoms with van der Waals surface area (Å²) in [6.07, 6.45) is 3.27. The topological polar surface area (TPSA) is 103 Å². The minimum absolute atomic E-state index is 0.271. The smallest absolute Gasteiger partial charge is 0.255 e. The molecule has 1 atom stereocenters. The highest BCUT2D eigenvalue weighted by molar-refractivity contribution is 6.06. The van der Waals surface area contributed by atoms with Gasteiger partial charge in [-0.05, 0) is 54.4 Å². The number of anilines is 2. The molecule has 204 valence electrons. The largest absolute Gasteiger partial charge is 0.497 e. The summed E-state index contributed by atoms with van der Waals surface area (Å²) in [7, 11) is 1.62. The fourth-order valence-corrected chi connectivity index (χ4v) is 4.79. The molecule has 2 aromatic heterocycles. The van der Waals surface area contributed by atoms with E-state index in [1.165, 1.54) is 0 Å². The number of hydrogen-bond donors (Lipinski definition) is 2. The highest BCUT2D eigenvalue weighted by atomic mass is 16.5. The molecule has 1 aliphatic rings. The number of aromatic nitrogens is 4. The van der Waals surface area contributed by atoms with E-state index >= 15 is 0 Å². The van der Waals surface area contributed by atoms with Crippen molar-refractivity contribution in [2.45, 2.75) is 19.6 Å². The first-order valence-electron chi connectivity index (χ1n) is 13.2. The van der Waals surface area contributed by atoms with Crippen LogP contribution >= 0.6 is 0 Å². The molecule has 3 heterocycles. The number of methoxy groups -OCH3 is 1. The maximum Gasteiger partial charge on any atom is 0.255 e. The van der Waals surface area contributed by atoms with Crippen LogP contribution in [-0.4, -0.2) is 32.8 Å². The average molecular weight is 545 g/mol. The predicted octanol–water partition coefficient (Wildman–Crippen LogP) is 5.86. The second-order valence-corrected chi connectivity index (χ2v) is 9.54. The average Bonchev–Trinajstić information content (AvgIpc) is 3.44. The second kappa shape index (κ2) is 11.4. The van der Waals surface area contributed by atoms with Crippen molar-refractivity contribution in [1.82, 2.24) is 19.7 Å². The van der Waals surface area contributed by atoms with Crippen molar-refractivity contribution in [3.63, 3.8) is 0 Å². The number of carbonyl (C=O) groups excluding carboxylic acids is 1. The van der Waals surface area contributed by atoms with E-state index in [0.717, 1.165) is 16.7 Å². The molecule has 3 aromatic carbocycles. The molecule has 0 fully saturated rings. The number of carbonyl (C=O) groups is 1. The van der Waals surface area contributed by atoms with Crippen molar-refractivity contribution in [1.29, 1.82) is 0 Å². The molecule has 5 aromatic rings. The number of rotatable bonds is 8. The van der Waals surface area contributed by atoms with Gasteiger partial charge in [0, 0.05) is 17.5 Å². The molecule has 0 saturated heterocycles. The number of amides is 1. The number of benzene rings is 3. The van der Waals surface area contributed by atoms with E-state index in [-0.39, 0.29) is 5.91 Å². The third kappa shape index (κ3) is 5.51. The zero-order valence-electron chi connectivity index (χ0n) is 22.6. The van der Waals surface area contributed by atoms with Crippen LogP contribution in [0.1, 0.15) is 24.1 Å². The summed E-state index contributed by atoms with van der Waals surface area (Å²) in [4.78, 5) is 22.7. The van der Waals surface area contributed by atoms with Gasteiger partial charge < -0.3 is 20.1 Å². The van der Waals surface area contributed by atoms with Gasteiger partial charge >= 0.3 is 0 Å². The standard InChI is InChI=1S/C32H28N6O3/c1-21-28(31(39)35-25-13-8-16-33-19-25)29(23-11-6-15-27(17-23)41-20-22-9-4-3-5-10-22)38-32(34-21)36-30(37-38)24-12-7-14-26(18-24)40-2/h3-19,29H,20H2,1-2H3,(H,35,39)(H,34,36,37). The third-order valence-electron chi connectivity index (χ3n) is 6.77. The van der Waals surface area contributed by atoms with Gasteiger partial charge in [-0.25, -0.2) is 4.68 Å². The molecule has 41 heavy (non-hydrogen) atoms. The van der Waals surface area contributed by atoms with E-state index < -0.39 is 6.04 Å². The van der Waals surface area contributed by atoms with E-state index in [4.69, 9.17) is 19.6 Å². The minimum Gasteiger partial charge on any atom is -0.497 e. The zero-order valence-corrected chi connectivity index (χ0v) is 22.6. The van der Waals surface area contributed by atoms with E-state index in [9.17, 15) is 4.79 Å². The number of hydrogen-bond acceptors (Lipinski definition) is 7. The first-order valence-corrected chi connectivity index (χ1v) is 13.2. The van der Waals surface area contributed by atoms with Gasteiger partial charge in [-0.1, -0.05) is 54.6 Å². The number of allylic oxidation sites excluding steroid dienone is 1. The Kier molecular flexibility index (Phi) is 7.15. The van der Waals surface area contributed by atoms with E-state index in [0.29, 0.717) is 46.8 Å². The molecular formula is C32H28N6O3. The van der Waals surface area contributed by atoms with Crippen molar-refractivity contribution in [2.24, 2.45) is 0 Å². The molecule has 0 spiro atoms. The summed E-state index contributed by atoms with van der Waals surface area (Å²) in [5, 5.41) is 11.1. The summed E-state index contributed by atoms with van der Waals surface area (Å²) in [6.45, 7) is 2.29. The van der Waals surface area contributed by atoms with Crippen molar-refractivity contribution < 1.29 is 14.3 Å². The predicted molar refractivity (Wildman–Crippen MR) is 157 cm³/mol. The molecule has 0 radical (unpaired) electrons. The SMILES string of the molecule is COc1cccc(-c2nc3n(n2)C(c2cccc(OCc4ccccc4)c2)C(C(=O)Nc2cccnc2)=C(C)N3)c1. The van der Waals surface area contributed by atoms with Gasteiger partial charge in [-0.2, -0.15) is 4.98 Å². The number of pyridine rings is 1. The first kappa shape index (κ1) is 25.8. The molecule has 0 bridgehead atoms. The van der Waals surface area contributed by atoms with Gasteiger partial charge in [0.05, 0.1) is 24.6 Å². The Morgan fingerprint density at radius 3 is 2.61 bits per heavy atom. The van der Waals surface area contributed by atoms with E-state index in [2.05, 4.69) is 15.6 Å². The van der Waals surface area contributed by atoms with Gasteiger partial charge in [-0.3, -0.25) is 9.78 Å². The van der Waals surface area contributed by atoms with Gasteiger partial charge in [0.25, 0.3) is 5.91 Å². The second-order valence-electron chi connectivity index (χ2n) is 9.54. The fraction of sp³-hybridized carbons (Fsp3) is 0.125. The molecule has 1 amide bonds. The molecular weight excluding hydrogens is 516 g/mol. The van der Waals surface area contributed by atoms with Crippen LogP contribution in [0.5, 0.6) is 11.5 Å². The molecule has 0 aliphatic carbocycles. The summed E-state index contributed by atoms with van der Waals surface area (Å²) in [5.74, 6) is 2.15. The summed E-state index contributed by atoms with van der Waals surface area (Å²) >= 11 is 0. The van der Waals surface area contributed by atoms with Crippen LogP contribution in [-0.2, 0) is 11.4 Å². The molecule has 1 unspecified atom stereocenters. The minimum atomic E-state index is -0.574. The fourth-order valence-electron chi connectivity index (χ4n) is 4.79. The van der Waals surface area contributed by atoms with Crippen molar-refractivity contribution in [2.75, 3.05) is 17.7 Å². The third-order valence-corrected chi connectivity index (χ3v) is 6.77. The monoisotopic (exact) mass is 544 g/mol. The Labute approximate surface area is 237 Å².